The van der Waals surface area contributed by atoms with Gasteiger partial charge in [-0.15, -0.1) is 0 Å². The highest BCUT2D eigenvalue weighted by Gasteiger charge is 2.43. The van der Waals surface area contributed by atoms with E-state index < -0.39 is 0 Å². The minimum atomic E-state index is -0.313. The van der Waals surface area contributed by atoms with Crippen LogP contribution in [0.2, 0.25) is 0 Å². The lowest BCUT2D eigenvalue weighted by Gasteiger charge is -2.05. The molecule has 1 aliphatic rings. The smallest absolute Gasteiger partial charge is 0.114 e. The Morgan fingerprint density at radius 2 is 2.29 bits per heavy atom. The van der Waals surface area contributed by atoms with E-state index in [0.29, 0.717) is 6.61 Å². The summed E-state index contributed by atoms with van der Waals surface area (Å²) >= 11 is 0. The van der Waals surface area contributed by atoms with Crippen LogP contribution in [0.5, 0.6) is 0 Å². The first-order valence-corrected chi connectivity index (χ1v) is 2.47. The van der Waals surface area contributed by atoms with Gasteiger partial charge in [0.05, 0.1) is 12.7 Å². The Labute approximate surface area is 43.1 Å². The van der Waals surface area contributed by atoms with Gasteiger partial charge in [0.2, 0.25) is 0 Å². The second-order valence-electron chi connectivity index (χ2n) is 2.28. The molecular weight excluding hydrogens is 92.1 g/mol. The molecule has 2 nitrogen and oxygen atoms in total. The van der Waals surface area contributed by atoms with Gasteiger partial charge < -0.3 is 9.84 Å². The Morgan fingerprint density at radius 3 is 2.29 bits per heavy atom. The summed E-state index contributed by atoms with van der Waals surface area (Å²) in [6.45, 7) is 4.36. The van der Waals surface area contributed by atoms with Gasteiger partial charge in [0.25, 0.3) is 0 Å². The molecule has 1 N–H and O–H groups in total. The highest BCUT2D eigenvalue weighted by molar-refractivity contribution is 4.91. The molecule has 7 heavy (non-hydrogen) atoms. The van der Waals surface area contributed by atoms with E-state index in [-0.39, 0.29) is 11.7 Å². The van der Waals surface area contributed by atoms with Crippen LogP contribution in [0, 0.1) is 0 Å². The maximum absolute atomic E-state index is 8.83. The minimum Gasteiger partial charge on any atom is -0.390 e. The molecule has 2 heteroatoms. The third kappa shape index (κ3) is 0.763. The monoisotopic (exact) mass is 102 g/mol. The third-order valence-electron chi connectivity index (χ3n) is 1.48. The molecule has 0 bridgehead atoms. The zero-order valence-electron chi connectivity index (χ0n) is 4.64. The number of hydrogen-bond donors (Lipinski definition) is 1. The number of aliphatic hydroxyl groups is 1. The first-order valence-electron chi connectivity index (χ1n) is 2.47. The highest BCUT2D eigenvalue weighted by Crippen LogP contribution is 2.29. The third-order valence-corrected chi connectivity index (χ3v) is 1.48. The summed E-state index contributed by atoms with van der Waals surface area (Å²) in [5.41, 5.74) is -0.194. The Balaban J connectivity index is 2.39. The largest absolute Gasteiger partial charge is 0.390 e. The Hall–Kier alpha value is -0.0800. The van der Waals surface area contributed by atoms with Gasteiger partial charge in [0, 0.05) is 0 Å². The van der Waals surface area contributed by atoms with E-state index in [1.165, 1.54) is 0 Å². The van der Waals surface area contributed by atoms with Crippen molar-refractivity contribution in [2.45, 2.75) is 25.6 Å². The van der Waals surface area contributed by atoms with E-state index in [4.69, 9.17) is 9.84 Å². The number of rotatable bonds is 1. The van der Waals surface area contributed by atoms with Gasteiger partial charge in [-0.2, -0.15) is 0 Å². The van der Waals surface area contributed by atoms with Gasteiger partial charge in [-0.3, -0.25) is 0 Å². The van der Waals surface area contributed by atoms with Crippen LogP contribution in [0.15, 0.2) is 0 Å². The standard InChI is InChI=1S/C5H10O2/c1-4(6)5(2)3-7-5/h4,6H,3H2,1-2H3/t4-,5?/m0/s1. The molecule has 1 rings (SSSR count). The zero-order chi connectivity index (χ0) is 5.49. The number of hydrogen-bond acceptors (Lipinski definition) is 2. The van der Waals surface area contributed by atoms with E-state index in [1.807, 2.05) is 6.92 Å². The molecule has 0 aliphatic carbocycles. The van der Waals surface area contributed by atoms with Crippen molar-refractivity contribution in [2.24, 2.45) is 0 Å². The molecule has 1 aliphatic heterocycles. The molecule has 0 radical (unpaired) electrons. The molecule has 1 heterocycles. The molecule has 1 saturated heterocycles. The van der Waals surface area contributed by atoms with Crippen LogP contribution in [-0.4, -0.2) is 23.4 Å². The number of aliphatic hydroxyl groups excluding tert-OH is 1. The van der Waals surface area contributed by atoms with Crippen LogP contribution < -0.4 is 0 Å². The van der Waals surface area contributed by atoms with Crippen LogP contribution in [0.1, 0.15) is 13.8 Å². The van der Waals surface area contributed by atoms with E-state index >= 15 is 0 Å². The van der Waals surface area contributed by atoms with Crippen molar-refractivity contribution in [1.82, 2.24) is 0 Å². The van der Waals surface area contributed by atoms with Crippen LogP contribution in [0.25, 0.3) is 0 Å². The SMILES string of the molecule is C[C@H](O)C1(C)CO1. The Kier molecular flexibility index (Phi) is 0.869. The number of epoxide rings is 1. The summed E-state index contributed by atoms with van der Waals surface area (Å²) in [6.07, 6.45) is -0.313. The van der Waals surface area contributed by atoms with Crippen LogP contribution in [0.4, 0.5) is 0 Å². The molecule has 0 amide bonds. The van der Waals surface area contributed by atoms with E-state index in [2.05, 4.69) is 0 Å². The lowest BCUT2D eigenvalue weighted by Crippen LogP contribution is -2.21. The maximum Gasteiger partial charge on any atom is 0.114 e. The average Bonchev–Trinajstić information content (AvgIpc) is 2.21. The van der Waals surface area contributed by atoms with E-state index in [9.17, 15) is 0 Å². The van der Waals surface area contributed by atoms with E-state index in [0.717, 1.165) is 0 Å². The minimum absolute atomic E-state index is 0.194. The zero-order valence-corrected chi connectivity index (χ0v) is 4.64. The predicted octanol–water partition coefficient (Wildman–Crippen LogP) is 0.156. The summed E-state index contributed by atoms with van der Waals surface area (Å²) < 4.78 is 4.91. The first kappa shape index (κ1) is 5.06. The summed E-state index contributed by atoms with van der Waals surface area (Å²) in [5, 5.41) is 8.83. The van der Waals surface area contributed by atoms with Crippen molar-refractivity contribution in [3.63, 3.8) is 0 Å². The normalized spacial score (nSPS) is 43.3. The fraction of sp³-hybridized carbons (Fsp3) is 1.00. The van der Waals surface area contributed by atoms with Crippen molar-refractivity contribution >= 4 is 0 Å². The molecule has 1 unspecified atom stereocenters. The van der Waals surface area contributed by atoms with Crippen LogP contribution in [0.3, 0.4) is 0 Å². The van der Waals surface area contributed by atoms with Gasteiger partial charge >= 0.3 is 0 Å². The van der Waals surface area contributed by atoms with Crippen molar-refractivity contribution in [2.75, 3.05) is 6.61 Å². The van der Waals surface area contributed by atoms with Gasteiger partial charge in [-0.05, 0) is 13.8 Å². The Bertz CT molecular complexity index is 74.1. The summed E-state index contributed by atoms with van der Waals surface area (Å²) in [6, 6.07) is 0. The lowest BCUT2D eigenvalue weighted by atomic mass is 10.1. The van der Waals surface area contributed by atoms with Crippen molar-refractivity contribution in [1.29, 1.82) is 0 Å². The highest BCUT2D eigenvalue weighted by atomic mass is 16.6. The molecular formula is C5H10O2. The molecule has 2 atom stereocenters. The van der Waals surface area contributed by atoms with Gasteiger partial charge in [0.1, 0.15) is 5.60 Å². The van der Waals surface area contributed by atoms with Crippen molar-refractivity contribution in [3.05, 3.63) is 0 Å². The van der Waals surface area contributed by atoms with Gasteiger partial charge in [-0.1, -0.05) is 0 Å². The fourth-order valence-electron chi connectivity index (χ4n) is 0.355. The molecule has 0 aromatic heterocycles. The van der Waals surface area contributed by atoms with Crippen LogP contribution in [-0.2, 0) is 4.74 Å². The summed E-state index contributed by atoms with van der Waals surface area (Å²) in [5.74, 6) is 0. The molecule has 0 saturated carbocycles. The van der Waals surface area contributed by atoms with E-state index in [1.54, 1.807) is 6.92 Å². The average molecular weight is 102 g/mol. The fourth-order valence-corrected chi connectivity index (χ4v) is 0.355. The quantitative estimate of drug-likeness (QED) is 0.478. The first-order chi connectivity index (χ1) is 3.15. The topological polar surface area (TPSA) is 32.8 Å². The second-order valence-corrected chi connectivity index (χ2v) is 2.28. The maximum atomic E-state index is 8.83. The molecule has 0 aromatic rings. The second kappa shape index (κ2) is 1.20. The van der Waals surface area contributed by atoms with Crippen molar-refractivity contribution in [3.8, 4) is 0 Å². The number of ether oxygens (including phenoxy) is 1. The summed E-state index contributed by atoms with van der Waals surface area (Å²) in [7, 11) is 0. The van der Waals surface area contributed by atoms with Crippen molar-refractivity contribution < 1.29 is 9.84 Å². The van der Waals surface area contributed by atoms with Gasteiger partial charge in [0.15, 0.2) is 0 Å². The molecule has 0 aromatic carbocycles. The van der Waals surface area contributed by atoms with Gasteiger partial charge in [-0.25, -0.2) is 0 Å². The Morgan fingerprint density at radius 1 is 1.86 bits per heavy atom. The molecule has 42 valence electrons. The predicted molar refractivity (Wildman–Crippen MR) is 26.0 cm³/mol. The molecule has 0 spiro atoms. The lowest BCUT2D eigenvalue weighted by molar-refractivity contribution is 0.101. The molecule has 1 fully saturated rings. The summed E-state index contributed by atoms with van der Waals surface area (Å²) in [4.78, 5) is 0. The van der Waals surface area contributed by atoms with Crippen LogP contribution >= 0.6 is 0 Å².